The normalized spacial score (nSPS) is 18.0. The molecule has 0 spiro atoms. The molecular weight excluding hydrogens is 451 g/mol. The molecule has 0 saturated heterocycles. The van der Waals surface area contributed by atoms with Gasteiger partial charge in [0, 0.05) is 37.8 Å². The molecule has 3 rings (SSSR count). The van der Waals surface area contributed by atoms with Crippen LogP contribution in [0.5, 0.6) is 5.75 Å². The van der Waals surface area contributed by atoms with Crippen molar-refractivity contribution >= 4 is 29.9 Å². The van der Waals surface area contributed by atoms with Gasteiger partial charge in [-0.15, -0.1) is 24.0 Å². The Morgan fingerprint density at radius 2 is 2.00 bits per heavy atom. The van der Waals surface area contributed by atoms with Gasteiger partial charge in [0.1, 0.15) is 5.75 Å². The van der Waals surface area contributed by atoms with Gasteiger partial charge in [-0.05, 0) is 64.1 Å². The molecule has 2 aliphatic rings. The molecule has 1 aromatic rings. The van der Waals surface area contributed by atoms with Gasteiger partial charge in [-0.25, -0.2) is 0 Å². The molecule has 2 fully saturated rings. The number of ether oxygens (including phenoxy) is 1. The van der Waals surface area contributed by atoms with Crippen molar-refractivity contribution in [2.75, 3.05) is 27.2 Å². The molecule has 0 aromatic heterocycles. The largest absolute Gasteiger partial charge is 0.493 e. The van der Waals surface area contributed by atoms with E-state index in [2.05, 4.69) is 59.6 Å². The molecule has 6 heteroatoms. The highest BCUT2D eigenvalue weighted by molar-refractivity contribution is 14.0. The number of hydrogen-bond acceptors (Lipinski definition) is 3. The topological polar surface area (TPSA) is 48.9 Å². The summed E-state index contributed by atoms with van der Waals surface area (Å²) >= 11 is 0. The Labute approximate surface area is 181 Å². The van der Waals surface area contributed by atoms with Crippen molar-refractivity contribution in [2.45, 2.75) is 58.2 Å². The predicted octanol–water partition coefficient (Wildman–Crippen LogP) is 3.55. The van der Waals surface area contributed by atoms with Gasteiger partial charge in [0.25, 0.3) is 0 Å². The zero-order chi connectivity index (χ0) is 18.5. The van der Waals surface area contributed by atoms with Crippen LogP contribution in [-0.2, 0) is 6.54 Å². The highest BCUT2D eigenvalue weighted by atomic mass is 127. The summed E-state index contributed by atoms with van der Waals surface area (Å²) in [5.41, 5.74) is 2.42. The van der Waals surface area contributed by atoms with Crippen molar-refractivity contribution in [3.63, 3.8) is 0 Å². The van der Waals surface area contributed by atoms with Crippen LogP contribution in [0.15, 0.2) is 23.2 Å². The van der Waals surface area contributed by atoms with Crippen molar-refractivity contribution in [1.29, 1.82) is 0 Å². The first-order valence-corrected chi connectivity index (χ1v) is 9.95. The van der Waals surface area contributed by atoms with Gasteiger partial charge in [-0.2, -0.15) is 0 Å². The van der Waals surface area contributed by atoms with Crippen LogP contribution >= 0.6 is 24.0 Å². The van der Waals surface area contributed by atoms with Crippen LogP contribution in [0.3, 0.4) is 0 Å². The second-order valence-corrected chi connectivity index (χ2v) is 7.92. The van der Waals surface area contributed by atoms with E-state index >= 15 is 0 Å². The predicted molar refractivity (Wildman–Crippen MR) is 123 cm³/mol. The Morgan fingerprint density at radius 1 is 1.26 bits per heavy atom. The van der Waals surface area contributed by atoms with Crippen molar-refractivity contribution in [2.24, 2.45) is 10.9 Å². The van der Waals surface area contributed by atoms with Gasteiger partial charge in [0.2, 0.25) is 0 Å². The summed E-state index contributed by atoms with van der Waals surface area (Å²) in [7, 11) is 4.04. The zero-order valence-electron chi connectivity index (χ0n) is 17.1. The maximum Gasteiger partial charge on any atom is 0.191 e. The molecule has 1 atom stereocenters. The molecule has 0 bridgehead atoms. The standard InChI is InChI=1S/C21H34N4O.HI/c1-15-5-8-18(20(11-15)26-14-17-6-7-17)13-24-21(22-3)23-12-16(2)25(4)19-9-10-19;/h5,8,11,16-17,19H,6-7,9-10,12-14H2,1-4H3,(H2,22,23,24);1H. The summed E-state index contributed by atoms with van der Waals surface area (Å²) in [5, 5.41) is 6.88. The number of nitrogens with zero attached hydrogens (tertiary/aromatic N) is 2. The van der Waals surface area contributed by atoms with Crippen LogP contribution < -0.4 is 15.4 Å². The van der Waals surface area contributed by atoms with Crippen LogP contribution in [0.2, 0.25) is 0 Å². The summed E-state index contributed by atoms with van der Waals surface area (Å²) in [4.78, 5) is 6.82. The third-order valence-corrected chi connectivity index (χ3v) is 5.45. The quantitative estimate of drug-likeness (QED) is 0.319. The molecule has 1 aromatic carbocycles. The molecule has 0 aliphatic heterocycles. The Morgan fingerprint density at radius 3 is 2.63 bits per heavy atom. The third-order valence-electron chi connectivity index (χ3n) is 5.45. The van der Waals surface area contributed by atoms with E-state index in [-0.39, 0.29) is 24.0 Å². The Balaban J connectivity index is 0.00000261. The number of rotatable bonds is 9. The fourth-order valence-electron chi connectivity index (χ4n) is 3.06. The Bertz CT molecular complexity index is 629. The molecule has 2 aliphatic carbocycles. The molecule has 2 N–H and O–H groups in total. The zero-order valence-corrected chi connectivity index (χ0v) is 19.5. The number of benzene rings is 1. The van der Waals surface area contributed by atoms with Gasteiger partial charge in [0.15, 0.2) is 5.96 Å². The summed E-state index contributed by atoms with van der Waals surface area (Å²) in [6.07, 6.45) is 5.29. The summed E-state index contributed by atoms with van der Waals surface area (Å²) in [6.45, 7) is 6.83. The van der Waals surface area contributed by atoms with Gasteiger partial charge < -0.3 is 15.4 Å². The van der Waals surface area contributed by atoms with Gasteiger partial charge in [0.05, 0.1) is 6.61 Å². The highest BCUT2D eigenvalue weighted by Gasteiger charge is 2.29. The number of nitrogens with one attached hydrogen (secondary N) is 2. The van der Waals surface area contributed by atoms with E-state index in [0.29, 0.717) is 12.6 Å². The molecule has 5 nitrogen and oxygen atoms in total. The number of aliphatic imine (C=N–C) groups is 1. The summed E-state index contributed by atoms with van der Waals surface area (Å²) in [6, 6.07) is 7.71. The average Bonchev–Trinajstić information content (AvgIpc) is 3.54. The monoisotopic (exact) mass is 486 g/mol. The summed E-state index contributed by atoms with van der Waals surface area (Å²) in [5.74, 6) is 2.60. The Kier molecular flexibility index (Phi) is 8.66. The first kappa shape index (κ1) is 22.3. The lowest BCUT2D eigenvalue weighted by Crippen LogP contribution is -2.45. The fraction of sp³-hybridized carbons (Fsp3) is 0.667. The SMILES string of the molecule is CN=C(NCc1ccc(C)cc1OCC1CC1)NCC(C)N(C)C1CC1.I. The maximum atomic E-state index is 6.06. The average molecular weight is 486 g/mol. The number of likely N-dealkylation sites (N-methyl/N-ethyl adjacent to an activating group) is 1. The minimum atomic E-state index is 0. The minimum Gasteiger partial charge on any atom is -0.493 e. The number of guanidine groups is 1. The van der Waals surface area contributed by atoms with Crippen molar-refractivity contribution < 1.29 is 4.74 Å². The molecule has 1 unspecified atom stereocenters. The lowest BCUT2D eigenvalue weighted by molar-refractivity contribution is 0.247. The van der Waals surface area contributed by atoms with Crippen LogP contribution in [0.25, 0.3) is 0 Å². The van der Waals surface area contributed by atoms with Gasteiger partial charge in [-0.1, -0.05) is 12.1 Å². The van der Waals surface area contributed by atoms with Crippen molar-refractivity contribution in [3.05, 3.63) is 29.3 Å². The van der Waals surface area contributed by atoms with Crippen LogP contribution in [0.4, 0.5) is 0 Å². The lowest BCUT2D eigenvalue weighted by Gasteiger charge is -2.25. The fourth-order valence-corrected chi connectivity index (χ4v) is 3.06. The maximum absolute atomic E-state index is 6.06. The summed E-state index contributed by atoms with van der Waals surface area (Å²) < 4.78 is 6.06. The number of halogens is 1. The lowest BCUT2D eigenvalue weighted by atomic mass is 10.1. The number of hydrogen-bond donors (Lipinski definition) is 2. The molecule has 2 saturated carbocycles. The van der Waals surface area contributed by atoms with Crippen LogP contribution in [0, 0.1) is 12.8 Å². The van der Waals surface area contributed by atoms with Crippen LogP contribution in [0.1, 0.15) is 43.7 Å². The highest BCUT2D eigenvalue weighted by Crippen LogP contribution is 2.30. The van der Waals surface area contributed by atoms with E-state index in [1.54, 1.807) is 0 Å². The first-order chi connectivity index (χ1) is 12.6. The second-order valence-electron chi connectivity index (χ2n) is 7.92. The molecule has 152 valence electrons. The molecule has 0 amide bonds. The van der Waals surface area contributed by atoms with E-state index in [0.717, 1.165) is 36.8 Å². The Hall–Kier alpha value is -1.02. The van der Waals surface area contributed by atoms with Gasteiger partial charge in [-0.3, -0.25) is 9.89 Å². The van der Waals surface area contributed by atoms with E-state index < -0.39 is 0 Å². The van der Waals surface area contributed by atoms with E-state index in [9.17, 15) is 0 Å². The molecule has 0 heterocycles. The first-order valence-electron chi connectivity index (χ1n) is 9.95. The third kappa shape index (κ3) is 7.14. The second kappa shape index (κ2) is 10.5. The van der Waals surface area contributed by atoms with Crippen molar-refractivity contribution in [3.8, 4) is 5.75 Å². The smallest absolute Gasteiger partial charge is 0.191 e. The molecule has 27 heavy (non-hydrogen) atoms. The van der Waals surface area contributed by atoms with Crippen LogP contribution in [-0.4, -0.2) is 50.2 Å². The van der Waals surface area contributed by atoms with E-state index in [1.165, 1.54) is 36.8 Å². The number of aryl methyl sites for hydroxylation is 1. The minimum absolute atomic E-state index is 0. The van der Waals surface area contributed by atoms with E-state index in [1.807, 2.05) is 7.05 Å². The van der Waals surface area contributed by atoms with Gasteiger partial charge >= 0.3 is 0 Å². The molecule has 0 radical (unpaired) electrons. The van der Waals surface area contributed by atoms with E-state index in [4.69, 9.17) is 4.74 Å². The molecular formula is C21H35IN4O. The van der Waals surface area contributed by atoms with Crippen molar-refractivity contribution in [1.82, 2.24) is 15.5 Å².